The van der Waals surface area contributed by atoms with Crippen molar-refractivity contribution >= 4 is 29.7 Å². The predicted molar refractivity (Wildman–Crippen MR) is 152 cm³/mol. The summed E-state index contributed by atoms with van der Waals surface area (Å²) in [5.74, 6) is -2.93. The number of amides is 3. The van der Waals surface area contributed by atoms with E-state index < -0.39 is 47.9 Å². The van der Waals surface area contributed by atoms with Gasteiger partial charge in [0.1, 0.15) is 23.9 Å². The highest BCUT2D eigenvalue weighted by Crippen LogP contribution is 2.13. The van der Waals surface area contributed by atoms with Crippen LogP contribution in [0.15, 0.2) is 29.3 Å². The highest BCUT2D eigenvalue weighted by atomic mass is 16.4. The molecule has 40 heavy (non-hydrogen) atoms. The zero-order valence-corrected chi connectivity index (χ0v) is 23.7. The molecule has 0 spiro atoms. The number of hydrogen-bond donors (Lipinski definition) is 8. The third-order valence-corrected chi connectivity index (χ3v) is 5.97. The molecule has 3 amide bonds. The summed E-state index contributed by atoms with van der Waals surface area (Å²) in [5, 5.41) is 27.1. The Morgan fingerprint density at radius 3 is 1.88 bits per heavy atom. The summed E-state index contributed by atoms with van der Waals surface area (Å²) in [6.45, 7) is 7.83. The van der Waals surface area contributed by atoms with Crippen molar-refractivity contribution in [1.29, 1.82) is 0 Å². The highest BCUT2D eigenvalue weighted by Gasteiger charge is 2.31. The van der Waals surface area contributed by atoms with Crippen LogP contribution in [0.3, 0.4) is 0 Å². The Morgan fingerprint density at radius 2 is 1.35 bits per heavy atom. The number of guanidine groups is 1. The quantitative estimate of drug-likeness (QED) is 0.0719. The molecule has 1 aromatic carbocycles. The van der Waals surface area contributed by atoms with Crippen molar-refractivity contribution in [3.05, 3.63) is 29.8 Å². The van der Waals surface area contributed by atoms with Crippen LogP contribution >= 0.6 is 0 Å². The van der Waals surface area contributed by atoms with Crippen LogP contribution in [-0.4, -0.2) is 70.6 Å². The maximum absolute atomic E-state index is 13.4. The average Bonchev–Trinajstić information content (AvgIpc) is 2.85. The van der Waals surface area contributed by atoms with E-state index in [2.05, 4.69) is 20.9 Å². The number of aliphatic imine (C=N–C) groups is 1. The van der Waals surface area contributed by atoms with Crippen LogP contribution in [0, 0.1) is 11.8 Å². The molecule has 13 heteroatoms. The first-order valence-corrected chi connectivity index (χ1v) is 13.4. The van der Waals surface area contributed by atoms with E-state index >= 15 is 0 Å². The van der Waals surface area contributed by atoms with E-state index in [1.807, 2.05) is 27.7 Å². The number of carboxylic acid groups (broad SMARTS) is 1. The number of carbonyl (C=O) groups excluding carboxylic acids is 3. The number of aliphatic carboxylic acids is 1. The van der Waals surface area contributed by atoms with Gasteiger partial charge in [-0.2, -0.15) is 0 Å². The molecule has 11 N–H and O–H groups in total. The van der Waals surface area contributed by atoms with Crippen LogP contribution in [0.25, 0.3) is 0 Å². The number of rotatable bonds is 17. The first-order chi connectivity index (χ1) is 18.7. The largest absolute Gasteiger partial charge is 0.508 e. The van der Waals surface area contributed by atoms with Gasteiger partial charge in [0.25, 0.3) is 0 Å². The third kappa shape index (κ3) is 13.3. The molecule has 0 heterocycles. The molecule has 0 saturated carbocycles. The van der Waals surface area contributed by atoms with Crippen LogP contribution < -0.4 is 33.2 Å². The van der Waals surface area contributed by atoms with E-state index in [-0.39, 0.29) is 42.9 Å². The molecule has 4 atom stereocenters. The van der Waals surface area contributed by atoms with E-state index in [9.17, 15) is 29.4 Å². The van der Waals surface area contributed by atoms with E-state index in [4.69, 9.17) is 17.2 Å². The number of nitrogens with one attached hydrogen (secondary N) is 3. The number of carboxylic acids is 1. The molecule has 0 bridgehead atoms. The second-order valence-electron chi connectivity index (χ2n) is 10.7. The fourth-order valence-corrected chi connectivity index (χ4v) is 3.98. The zero-order valence-electron chi connectivity index (χ0n) is 23.7. The molecular weight excluding hydrogens is 518 g/mol. The standard InChI is InChI=1S/C27H45N7O6/c1-15(2)12-19(28)23(36)33-21(13-16(3)4)24(37)34-22(14-17-7-9-18(35)10-8-17)25(38)32-20(26(39)40)6-5-11-31-27(29)30/h7-10,15-16,19-22,35H,5-6,11-14,28H2,1-4H3,(H,32,38)(H,33,36)(H,34,37)(H,39,40)(H4,29,30,31). The van der Waals surface area contributed by atoms with Crippen LogP contribution in [0.1, 0.15) is 58.9 Å². The molecule has 0 aliphatic rings. The summed E-state index contributed by atoms with van der Waals surface area (Å²) in [4.78, 5) is 55.0. The molecule has 0 aromatic heterocycles. The van der Waals surface area contributed by atoms with Crippen molar-refractivity contribution < 1.29 is 29.4 Å². The number of nitrogens with zero attached hydrogens (tertiary/aromatic N) is 1. The number of hydrogen-bond acceptors (Lipinski definition) is 7. The summed E-state index contributed by atoms with van der Waals surface area (Å²) >= 11 is 0. The Labute approximate surface area is 235 Å². The number of benzene rings is 1. The smallest absolute Gasteiger partial charge is 0.326 e. The van der Waals surface area contributed by atoms with Gasteiger partial charge in [-0.1, -0.05) is 39.8 Å². The molecule has 13 nitrogen and oxygen atoms in total. The monoisotopic (exact) mass is 563 g/mol. The number of nitrogens with two attached hydrogens (primary N) is 3. The van der Waals surface area contributed by atoms with Gasteiger partial charge in [0.2, 0.25) is 17.7 Å². The molecule has 1 rings (SSSR count). The van der Waals surface area contributed by atoms with Crippen molar-refractivity contribution in [3.8, 4) is 5.75 Å². The molecule has 0 radical (unpaired) electrons. The Balaban J connectivity index is 3.13. The molecule has 0 aliphatic carbocycles. The van der Waals surface area contributed by atoms with Gasteiger partial charge in [-0.05, 0) is 55.2 Å². The molecule has 224 valence electrons. The van der Waals surface area contributed by atoms with Crippen molar-refractivity contribution in [2.24, 2.45) is 34.0 Å². The van der Waals surface area contributed by atoms with Crippen LogP contribution in [0.2, 0.25) is 0 Å². The summed E-state index contributed by atoms with van der Waals surface area (Å²) < 4.78 is 0. The van der Waals surface area contributed by atoms with E-state index in [1.54, 1.807) is 12.1 Å². The average molecular weight is 564 g/mol. The minimum atomic E-state index is -1.25. The van der Waals surface area contributed by atoms with E-state index in [1.165, 1.54) is 12.1 Å². The van der Waals surface area contributed by atoms with Gasteiger partial charge >= 0.3 is 5.97 Å². The van der Waals surface area contributed by atoms with Gasteiger partial charge in [-0.15, -0.1) is 0 Å². The minimum Gasteiger partial charge on any atom is -0.508 e. The fraction of sp³-hybridized carbons (Fsp3) is 0.593. The predicted octanol–water partition coefficient (Wildman–Crippen LogP) is -0.0532. The van der Waals surface area contributed by atoms with Gasteiger partial charge < -0.3 is 43.4 Å². The number of carbonyl (C=O) groups is 4. The Morgan fingerprint density at radius 1 is 0.825 bits per heavy atom. The van der Waals surface area contributed by atoms with Crippen LogP contribution in [0.5, 0.6) is 5.75 Å². The van der Waals surface area contributed by atoms with Crippen molar-refractivity contribution in [3.63, 3.8) is 0 Å². The van der Waals surface area contributed by atoms with E-state index in [0.29, 0.717) is 24.8 Å². The fourth-order valence-electron chi connectivity index (χ4n) is 3.98. The summed E-state index contributed by atoms with van der Waals surface area (Å²) in [5.41, 5.74) is 17.2. The number of phenols is 1. The molecule has 0 saturated heterocycles. The van der Waals surface area contributed by atoms with Crippen LogP contribution in [0.4, 0.5) is 0 Å². The second-order valence-corrected chi connectivity index (χ2v) is 10.7. The van der Waals surface area contributed by atoms with E-state index in [0.717, 1.165) is 0 Å². The first kappa shape index (κ1) is 34.2. The number of aromatic hydroxyl groups is 1. The lowest BCUT2D eigenvalue weighted by Crippen LogP contribution is -2.58. The molecule has 1 aromatic rings. The van der Waals surface area contributed by atoms with Crippen molar-refractivity contribution in [1.82, 2.24) is 16.0 Å². The minimum absolute atomic E-state index is 0.00734. The Hall–Kier alpha value is -3.87. The number of phenolic OH excluding ortho intramolecular Hbond substituents is 1. The first-order valence-electron chi connectivity index (χ1n) is 13.4. The highest BCUT2D eigenvalue weighted by molar-refractivity contribution is 5.94. The van der Waals surface area contributed by atoms with Gasteiger partial charge in [0.15, 0.2) is 5.96 Å². The van der Waals surface area contributed by atoms with Crippen LogP contribution in [-0.2, 0) is 25.6 Å². The van der Waals surface area contributed by atoms with Crippen molar-refractivity contribution in [2.45, 2.75) is 84.0 Å². The summed E-state index contributed by atoms with van der Waals surface area (Å²) in [6, 6.07) is 1.87. The Bertz CT molecular complexity index is 1010. The SMILES string of the molecule is CC(C)CC(N)C(=O)NC(CC(C)C)C(=O)NC(Cc1ccc(O)cc1)C(=O)NC(CCCN=C(N)N)C(=O)O. The molecule has 4 unspecified atom stereocenters. The topological polar surface area (TPSA) is 235 Å². The summed E-state index contributed by atoms with van der Waals surface area (Å²) in [7, 11) is 0. The van der Waals surface area contributed by atoms with Gasteiger partial charge in [-0.25, -0.2) is 4.79 Å². The van der Waals surface area contributed by atoms with Crippen molar-refractivity contribution in [2.75, 3.05) is 6.54 Å². The lowest BCUT2D eigenvalue weighted by Gasteiger charge is -2.26. The molecule has 0 aliphatic heterocycles. The normalized spacial score (nSPS) is 14.1. The maximum atomic E-state index is 13.4. The Kier molecular flexibility index (Phi) is 14.5. The zero-order chi connectivity index (χ0) is 30.4. The lowest BCUT2D eigenvalue weighted by molar-refractivity contribution is -0.142. The lowest BCUT2D eigenvalue weighted by atomic mass is 9.99. The maximum Gasteiger partial charge on any atom is 0.326 e. The molecular formula is C27H45N7O6. The molecule has 0 fully saturated rings. The third-order valence-electron chi connectivity index (χ3n) is 5.97. The van der Waals surface area contributed by atoms with Gasteiger partial charge in [-0.3, -0.25) is 19.4 Å². The van der Waals surface area contributed by atoms with Gasteiger partial charge in [0, 0.05) is 13.0 Å². The summed E-state index contributed by atoms with van der Waals surface area (Å²) in [6.07, 6.45) is 1.09. The second kappa shape index (κ2) is 17.0. The van der Waals surface area contributed by atoms with Gasteiger partial charge in [0.05, 0.1) is 6.04 Å².